The number of halogens is 1. The van der Waals surface area contributed by atoms with E-state index in [-0.39, 0.29) is 5.91 Å². The maximum absolute atomic E-state index is 11.6. The van der Waals surface area contributed by atoms with Gasteiger partial charge in [0.25, 0.3) is 0 Å². The van der Waals surface area contributed by atoms with Crippen molar-refractivity contribution in [3.63, 3.8) is 0 Å². The molecule has 0 aromatic rings. The van der Waals surface area contributed by atoms with Crippen molar-refractivity contribution in [3.05, 3.63) is 0 Å². The minimum absolute atomic E-state index is 0.238. The van der Waals surface area contributed by atoms with E-state index in [4.69, 9.17) is 0 Å². The largest absolute Gasteiger partial charge is 0.352 e. The van der Waals surface area contributed by atoms with Gasteiger partial charge in [-0.2, -0.15) is 0 Å². The van der Waals surface area contributed by atoms with Crippen LogP contribution < -0.4 is 5.32 Å². The number of carbonyl (C=O) groups is 1. The average Bonchev–Trinajstić information content (AvgIpc) is 2.59. The van der Waals surface area contributed by atoms with Gasteiger partial charge < -0.3 is 5.32 Å². The van der Waals surface area contributed by atoms with Gasteiger partial charge >= 0.3 is 0 Å². The summed E-state index contributed by atoms with van der Waals surface area (Å²) in [7, 11) is 0. The van der Waals surface area contributed by atoms with Crippen LogP contribution >= 0.6 is 15.9 Å². The molecular weight excluding hydrogens is 254 g/mol. The van der Waals surface area contributed by atoms with E-state index >= 15 is 0 Å². The van der Waals surface area contributed by atoms with Gasteiger partial charge in [0.05, 0.1) is 0 Å². The monoisotopic (exact) mass is 275 g/mol. The van der Waals surface area contributed by atoms with E-state index in [1.807, 2.05) is 0 Å². The van der Waals surface area contributed by atoms with E-state index in [1.165, 1.54) is 32.1 Å². The second-order valence-electron chi connectivity index (χ2n) is 4.43. The topological polar surface area (TPSA) is 29.1 Å². The van der Waals surface area contributed by atoms with Crippen molar-refractivity contribution in [3.8, 4) is 0 Å². The SMILES string of the molecule is CCCCCCC(=O)NC1CCCC1Br. The Hall–Kier alpha value is -0.0500. The Balaban J connectivity index is 2.07. The summed E-state index contributed by atoms with van der Waals surface area (Å²) in [5.41, 5.74) is 0. The van der Waals surface area contributed by atoms with Crippen LogP contribution in [0.1, 0.15) is 58.3 Å². The summed E-state index contributed by atoms with van der Waals surface area (Å²) < 4.78 is 0. The molecule has 1 N–H and O–H groups in total. The van der Waals surface area contributed by atoms with Gasteiger partial charge in [0, 0.05) is 17.3 Å². The third kappa shape index (κ3) is 5.01. The summed E-state index contributed by atoms with van der Waals surface area (Å²) in [6, 6.07) is 0.378. The van der Waals surface area contributed by atoms with Crippen LogP contribution in [0, 0.1) is 0 Å². The number of hydrogen-bond acceptors (Lipinski definition) is 1. The number of amides is 1. The van der Waals surface area contributed by atoms with Crippen molar-refractivity contribution in [2.45, 2.75) is 69.2 Å². The molecule has 1 aliphatic carbocycles. The van der Waals surface area contributed by atoms with Gasteiger partial charge in [0.15, 0.2) is 0 Å². The first-order valence-electron chi connectivity index (χ1n) is 6.17. The van der Waals surface area contributed by atoms with E-state index < -0.39 is 0 Å². The minimum Gasteiger partial charge on any atom is -0.352 e. The van der Waals surface area contributed by atoms with Crippen LogP contribution in [0.25, 0.3) is 0 Å². The van der Waals surface area contributed by atoms with E-state index in [1.54, 1.807) is 0 Å². The molecule has 15 heavy (non-hydrogen) atoms. The fourth-order valence-corrected chi connectivity index (χ4v) is 2.79. The highest BCUT2D eigenvalue weighted by molar-refractivity contribution is 9.09. The molecule has 2 nitrogen and oxygen atoms in total. The first kappa shape index (κ1) is 13.0. The van der Waals surface area contributed by atoms with Crippen LogP contribution in [0.2, 0.25) is 0 Å². The second-order valence-corrected chi connectivity index (χ2v) is 5.61. The molecule has 0 spiro atoms. The maximum atomic E-state index is 11.6. The molecule has 0 aliphatic heterocycles. The van der Waals surface area contributed by atoms with E-state index in [0.717, 1.165) is 12.8 Å². The molecular formula is C12H22BrNO. The van der Waals surface area contributed by atoms with Gasteiger partial charge in [-0.05, 0) is 19.3 Å². The van der Waals surface area contributed by atoms with Crippen molar-refractivity contribution < 1.29 is 4.79 Å². The summed E-state index contributed by atoms with van der Waals surface area (Å²) in [6.45, 7) is 2.19. The lowest BCUT2D eigenvalue weighted by Gasteiger charge is -2.15. The summed E-state index contributed by atoms with van der Waals surface area (Å²) in [5.74, 6) is 0.238. The molecule has 0 radical (unpaired) electrons. The summed E-state index contributed by atoms with van der Waals surface area (Å²) in [4.78, 5) is 12.1. The van der Waals surface area contributed by atoms with Crippen LogP contribution in [-0.2, 0) is 4.79 Å². The summed E-state index contributed by atoms with van der Waals surface area (Å²) >= 11 is 3.61. The lowest BCUT2D eigenvalue weighted by atomic mass is 10.1. The fourth-order valence-electron chi connectivity index (χ4n) is 2.07. The van der Waals surface area contributed by atoms with Crippen molar-refractivity contribution in [1.29, 1.82) is 0 Å². The van der Waals surface area contributed by atoms with Crippen LogP contribution in [0.5, 0.6) is 0 Å². The van der Waals surface area contributed by atoms with Gasteiger partial charge in [-0.25, -0.2) is 0 Å². The Kier molecular flexibility index (Phi) is 6.30. The Bertz CT molecular complexity index is 196. The number of carbonyl (C=O) groups excluding carboxylic acids is 1. The van der Waals surface area contributed by atoms with Crippen molar-refractivity contribution in [2.75, 3.05) is 0 Å². The molecule has 1 aliphatic rings. The predicted octanol–water partition coefficient (Wildman–Crippen LogP) is 3.39. The van der Waals surface area contributed by atoms with E-state index in [9.17, 15) is 4.79 Å². The molecule has 0 bridgehead atoms. The zero-order chi connectivity index (χ0) is 11.1. The predicted molar refractivity (Wildman–Crippen MR) is 67.3 cm³/mol. The average molecular weight is 276 g/mol. The van der Waals surface area contributed by atoms with Gasteiger partial charge in [0.2, 0.25) is 5.91 Å². The highest BCUT2D eigenvalue weighted by atomic mass is 79.9. The van der Waals surface area contributed by atoms with E-state index in [2.05, 4.69) is 28.2 Å². The molecule has 1 rings (SSSR count). The Morgan fingerprint density at radius 2 is 2.13 bits per heavy atom. The standard InChI is InChI=1S/C12H22BrNO/c1-2-3-4-5-9-12(15)14-11-8-6-7-10(11)13/h10-11H,2-9H2,1H3,(H,14,15). The molecule has 88 valence electrons. The van der Waals surface area contributed by atoms with Gasteiger partial charge in [-0.15, -0.1) is 0 Å². The third-order valence-electron chi connectivity index (χ3n) is 3.04. The molecule has 1 fully saturated rings. The van der Waals surface area contributed by atoms with Gasteiger partial charge in [-0.1, -0.05) is 48.5 Å². The first-order chi connectivity index (χ1) is 7.24. The Morgan fingerprint density at radius 1 is 1.33 bits per heavy atom. The quantitative estimate of drug-likeness (QED) is 0.584. The highest BCUT2D eigenvalue weighted by Gasteiger charge is 2.25. The van der Waals surface area contributed by atoms with Gasteiger partial charge in [0.1, 0.15) is 0 Å². The molecule has 0 aromatic carbocycles. The van der Waals surface area contributed by atoms with Crippen molar-refractivity contribution in [1.82, 2.24) is 5.32 Å². The Labute approximate surface area is 101 Å². The molecule has 2 atom stereocenters. The number of nitrogens with one attached hydrogen (secondary N) is 1. The molecule has 0 heterocycles. The number of unbranched alkanes of at least 4 members (excludes halogenated alkanes) is 3. The summed E-state index contributed by atoms with van der Waals surface area (Å²) in [6.07, 6.45) is 8.97. The zero-order valence-corrected chi connectivity index (χ0v) is 11.2. The molecule has 1 amide bonds. The van der Waals surface area contributed by atoms with Crippen LogP contribution in [0.4, 0.5) is 0 Å². The zero-order valence-electron chi connectivity index (χ0n) is 9.60. The lowest BCUT2D eigenvalue weighted by molar-refractivity contribution is -0.121. The molecule has 2 unspecified atom stereocenters. The molecule has 3 heteroatoms. The minimum atomic E-state index is 0.238. The fraction of sp³-hybridized carbons (Fsp3) is 0.917. The third-order valence-corrected chi connectivity index (χ3v) is 4.13. The molecule has 0 aromatic heterocycles. The molecule has 0 saturated heterocycles. The van der Waals surface area contributed by atoms with Crippen LogP contribution in [-0.4, -0.2) is 16.8 Å². The summed E-state index contributed by atoms with van der Waals surface area (Å²) in [5, 5.41) is 3.12. The number of hydrogen-bond donors (Lipinski definition) is 1. The first-order valence-corrected chi connectivity index (χ1v) is 7.09. The van der Waals surface area contributed by atoms with Gasteiger partial charge in [-0.3, -0.25) is 4.79 Å². The lowest BCUT2D eigenvalue weighted by Crippen LogP contribution is -2.37. The van der Waals surface area contributed by atoms with Crippen LogP contribution in [0.3, 0.4) is 0 Å². The maximum Gasteiger partial charge on any atom is 0.220 e. The highest BCUT2D eigenvalue weighted by Crippen LogP contribution is 2.25. The number of rotatable bonds is 6. The Morgan fingerprint density at radius 3 is 2.73 bits per heavy atom. The number of alkyl halides is 1. The van der Waals surface area contributed by atoms with Crippen molar-refractivity contribution in [2.24, 2.45) is 0 Å². The van der Waals surface area contributed by atoms with E-state index in [0.29, 0.717) is 17.3 Å². The second kappa shape index (κ2) is 7.26. The van der Waals surface area contributed by atoms with Crippen molar-refractivity contribution >= 4 is 21.8 Å². The normalized spacial score (nSPS) is 25.5. The molecule has 1 saturated carbocycles. The smallest absolute Gasteiger partial charge is 0.220 e. The van der Waals surface area contributed by atoms with Crippen LogP contribution in [0.15, 0.2) is 0 Å².